The van der Waals surface area contributed by atoms with Crippen LogP contribution in [0.4, 0.5) is 4.79 Å². The number of aliphatic hydroxyl groups is 1. The Labute approximate surface area is 145 Å². The number of hydrogen-bond donors (Lipinski definition) is 2. The molecule has 0 unspecified atom stereocenters. The molecule has 25 heavy (non-hydrogen) atoms. The molecule has 1 saturated heterocycles. The molecule has 2 aromatic heterocycles. The minimum Gasteiger partial charge on any atom is -0.444 e. The number of likely N-dealkylation sites (tertiary alicyclic amines) is 1. The first kappa shape index (κ1) is 17.5. The van der Waals surface area contributed by atoms with Crippen molar-refractivity contribution in [2.24, 2.45) is 0 Å². The van der Waals surface area contributed by atoms with Gasteiger partial charge in [0.2, 0.25) is 0 Å². The molecular formula is C17H24N4O4. The molecule has 136 valence electrons. The lowest BCUT2D eigenvalue weighted by atomic mass is 9.93. The summed E-state index contributed by atoms with van der Waals surface area (Å²) in [6.45, 7) is 6.51. The second kappa shape index (κ2) is 6.51. The van der Waals surface area contributed by atoms with Gasteiger partial charge in [0, 0.05) is 30.6 Å². The summed E-state index contributed by atoms with van der Waals surface area (Å²) in [5.74, 6) is 0.120. The van der Waals surface area contributed by atoms with Crippen LogP contribution in [-0.4, -0.2) is 49.4 Å². The molecule has 1 fully saturated rings. The molecule has 3 heterocycles. The largest absolute Gasteiger partial charge is 0.444 e. The summed E-state index contributed by atoms with van der Waals surface area (Å²) < 4.78 is 7.09. The van der Waals surface area contributed by atoms with Crippen molar-refractivity contribution in [3.8, 4) is 0 Å². The fourth-order valence-corrected chi connectivity index (χ4v) is 3.15. The molecule has 1 aliphatic heterocycles. The van der Waals surface area contributed by atoms with Crippen molar-refractivity contribution in [3.63, 3.8) is 0 Å². The van der Waals surface area contributed by atoms with Crippen molar-refractivity contribution < 1.29 is 14.6 Å². The van der Waals surface area contributed by atoms with Crippen LogP contribution in [0.5, 0.6) is 0 Å². The number of fused-ring (bicyclic) bond motifs is 1. The number of aliphatic hydroxyl groups excluding tert-OH is 1. The topological polar surface area (TPSA) is 99.9 Å². The molecule has 1 aliphatic rings. The van der Waals surface area contributed by atoms with E-state index in [4.69, 9.17) is 4.74 Å². The van der Waals surface area contributed by atoms with Crippen LogP contribution in [0.3, 0.4) is 0 Å². The molecule has 8 heteroatoms. The van der Waals surface area contributed by atoms with Crippen LogP contribution >= 0.6 is 0 Å². The number of amides is 1. The SMILES string of the molecule is CC(C)(C)OC(=O)N1CCC(c2cc(=O)[nH]c3c(CO)cnn23)CC1. The first-order valence-corrected chi connectivity index (χ1v) is 8.47. The van der Waals surface area contributed by atoms with Gasteiger partial charge in [-0.1, -0.05) is 0 Å². The molecule has 1 amide bonds. The summed E-state index contributed by atoms with van der Waals surface area (Å²) in [4.78, 5) is 28.6. The van der Waals surface area contributed by atoms with Gasteiger partial charge in [0.05, 0.1) is 18.5 Å². The summed E-state index contributed by atoms with van der Waals surface area (Å²) in [7, 11) is 0. The number of rotatable bonds is 2. The molecule has 2 N–H and O–H groups in total. The minimum absolute atomic E-state index is 0.120. The average molecular weight is 348 g/mol. The molecule has 3 rings (SSSR count). The summed E-state index contributed by atoms with van der Waals surface area (Å²) in [5, 5.41) is 13.7. The second-order valence-corrected chi connectivity index (χ2v) is 7.39. The van der Waals surface area contributed by atoms with E-state index in [1.807, 2.05) is 20.8 Å². The van der Waals surface area contributed by atoms with Gasteiger partial charge in [-0.25, -0.2) is 9.31 Å². The molecule has 0 spiro atoms. The Balaban J connectivity index is 1.77. The molecule has 0 aliphatic carbocycles. The number of H-pyrrole nitrogens is 1. The number of nitrogens with one attached hydrogen (secondary N) is 1. The lowest BCUT2D eigenvalue weighted by Gasteiger charge is -2.33. The Hall–Kier alpha value is -2.35. The van der Waals surface area contributed by atoms with E-state index in [9.17, 15) is 14.7 Å². The van der Waals surface area contributed by atoms with Gasteiger partial charge in [0.15, 0.2) is 0 Å². The zero-order valence-corrected chi connectivity index (χ0v) is 14.8. The molecule has 0 aromatic carbocycles. The Morgan fingerprint density at radius 2 is 2.08 bits per heavy atom. The maximum absolute atomic E-state index is 12.2. The number of ether oxygens (including phenoxy) is 1. The van der Waals surface area contributed by atoms with Crippen molar-refractivity contribution in [2.75, 3.05) is 13.1 Å². The molecule has 0 saturated carbocycles. The third-order valence-electron chi connectivity index (χ3n) is 4.35. The quantitative estimate of drug-likeness (QED) is 0.859. The highest BCUT2D eigenvalue weighted by molar-refractivity contribution is 5.68. The number of nitrogens with zero attached hydrogens (tertiary/aromatic N) is 3. The van der Waals surface area contributed by atoms with Gasteiger partial charge < -0.3 is 19.7 Å². The van der Waals surface area contributed by atoms with E-state index >= 15 is 0 Å². The molecular weight excluding hydrogens is 324 g/mol. The van der Waals surface area contributed by atoms with Crippen LogP contribution in [0.1, 0.15) is 50.8 Å². The van der Waals surface area contributed by atoms with Crippen LogP contribution in [-0.2, 0) is 11.3 Å². The maximum atomic E-state index is 12.2. The van der Waals surface area contributed by atoms with Crippen LogP contribution in [0.25, 0.3) is 5.65 Å². The lowest BCUT2D eigenvalue weighted by Crippen LogP contribution is -2.41. The van der Waals surface area contributed by atoms with E-state index in [2.05, 4.69) is 10.1 Å². The van der Waals surface area contributed by atoms with Crippen molar-refractivity contribution in [1.29, 1.82) is 0 Å². The molecule has 2 aromatic rings. The molecule has 0 atom stereocenters. The standard InChI is InChI=1S/C17H24N4O4/c1-17(2,3)25-16(24)20-6-4-11(5-7-20)13-8-14(23)19-15-12(10-22)9-18-21(13)15/h8-9,11,22H,4-7,10H2,1-3H3,(H,19,23). The van der Waals surface area contributed by atoms with Crippen molar-refractivity contribution in [2.45, 2.75) is 51.7 Å². The second-order valence-electron chi connectivity index (χ2n) is 7.39. The third kappa shape index (κ3) is 3.68. The molecule has 0 radical (unpaired) electrons. The highest BCUT2D eigenvalue weighted by Gasteiger charge is 2.29. The van der Waals surface area contributed by atoms with Gasteiger partial charge in [0.25, 0.3) is 5.56 Å². The zero-order valence-electron chi connectivity index (χ0n) is 14.8. The minimum atomic E-state index is -0.511. The molecule has 8 nitrogen and oxygen atoms in total. The first-order valence-electron chi connectivity index (χ1n) is 8.47. The normalized spacial score (nSPS) is 16.4. The fraction of sp³-hybridized carbons (Fsp3) is 0.588. The first-order chi connectivity index (χ1) is 11.8. The van der Waals surface area contributed by atoms with Gasteiger partial charge in [-0.3, -0.25) is 4.79 Å². The fourth-order valence-electron chi connectivity index (χ4n) is 3.15. The van der Waals surface area contributed by atoms with Gasteiger partial charge in [-0.05, 0) is 33.6 Å². The van der Waals surface area contributed by atoms with Crippen LogP contribution in [0.2, 0.25) is 0 Å². The summed E-state index contributed by atoms with van der Waals surface area (Å²) in [5.41, 5.74) is 1.20. The van der Waals surface area contributed by atoms with Gasteiger partial charge in [0.1, 0.15) is 11.2 Å². The Kier molecular flexibility index (Phi) is 4.55. The number of aromatic nitrogens is 3. The van der Waals surface area contributed by atoms with Crippen molar-refractivity contribution in [3.05, 3.63) is 33.9 Å². The predicted octanol–water partition coefficient (Wildman–Crippen LogP) is 1.63. The zero-order chi connectivity index (χ0) is 18.2. The monoisotopic (exact) mass is 348 g/mol. The summed E-state index contributed by atoms with van der Waals surface area (Å²) >= 11 is 0. The van der Waals surface area contributed by atoms with Crippen LogP contribution in [0.15, 0.2) is 17.1 Å². The Morgan fingerprint density at radius 1 is 1.40 bits per heavy atom. The Morgan fingerprint density at radius 3 is 2.68 bits per heavy atom. The molecule has 0 bridgehead atoms. The predicted molar refractivity (Wildman–Crippen MR) is 91.5 cm³/mol. The summed E-state index contributed by atoms with van der Waals surface area (Å²) in [6, 6.07) is 1.55. The number of piperidine rings is 1. The third-order valence-corrected chi connectivity index (χ3v) is 4.35. The van der Waals surface area contributed by atoms with Crippen molar-refractivity contribution in [1.82, 2.24) is 19.5 Å². The highest BCUT2D eigenvalue weighted by atomic mass is 16.6. The van der Waals surface area contributed by atoms with Crippen molar-refractivity contribution >= 4 is 11.7 Å². The highest BCUT2D eigenvalue weighted by Crippen LogP contribution is 2.28. The van der Waals surface area contributed by atoms with Gasteiger partial charge in [-0.2, -0.15) is 5.10 Å². The van der Waals surface area contributed by atoms with Gasteiger partial charge in [-0.15, -0.1) is 0 Å². The van der Waals surface area contributed by atoms with E-state index in [0.717, 1.165) is 18.5 Å². The number of hydrogen-bond acceptors (Lipinski definition) is 5. The average Bonchev–Trinajstić information content (AvgIpc) is 2.95. The van der Waals surface area contributed by atoms with E-state index in [1.54, 1.807) is 21.7 Å². The van der Waals surface area contributed by atoms with Gasteiger partial charge >= 0.3 is 6.09 Å². The van der Waals surface area contributed by atoms with E-state index in [0.29, 0.717) is 24.3 Å². The number of aromatic amines is 1. The van der Waals surface area contributed by atoms with E-state index in [-0.39, 0.29) is 24.2 Å². The van der Waals surface area contributed by atoms with E-state index < -0.39 is 5.60 Å². The van der Waals surface area contributed by atoms with Crippen LogP contribution in [0, 0.1) is 0 Å². The Bertz CT molecular complexity index is 825. The maximum Gasteiger partial charge on any atom is 0.410 e. The number of carbonyl (C=O) groups excluding carboxylic acids is 1. The smallest absolute Gasteiger partial charge is 0.410 e. The van der Waals surface area contributed by atoms with Crippen LogP contribution < -0.4 is 5.56 Å². The number of carbonyl (C=O) groups is 1. The lowest BCUT2D eigenvalue weighted by molar-refractivity contribution is 0.0203. The summed E-state index contributed by atoms with van der Waals surface area (Å²) in [6.07, 6.45) is 2.71. The van der Waals surface area contributed by atoms with E-state index in [1.165, 1.54) is 0 Å².